The predicted octanol–water partition coefficient (Wildman–Crippen LogP) is 3.83. The number of nitrogens with one attached hydrogen (secondary N) is 1. The van der Waals surface area contributed by atoms with Crippen LogP contribution >= 0.6 is 11.8 Å². The number of fused-ring (bicyclic) bond motifs is 1. The van der Waals surface area contributed by atoms with Crippen molar-refractivity contribution >= 4 is 34.6 Å². The van der Waals surface area contributed by atoms with Crippen molar-refractivity contribution in [2.75, 3.05) is 5.75 Å². The first-order valence-electron chi connectivity index (χ1n) is 10.4. The van der Waals surface area contributed by atoms with Gasteiger partial charge in [-0.2, -0.15) is 0 Å². The van der Waals surface area contributed by atoms with E-state index in [-0.39, 0.29) is 41.7 Å². The zero-order valence-electron chi connectivity index (χ0n) is 18.1. The van der Waals surface area contributed by atoms with Gasteiger partial charge in [0.05, 0.1) is 16.8 Å². The Labute approximate surface area is 177 Å². The minimum Gasteiger partial charge on any atom is -0.351 e. The Balaban J connectivity index is 1.81. The Hall–Kier alpha value is -2.02. The molecule has 1 fully saturated rings. The molecule has 2 atom stereocenters. The molecule has 1 N–H and O–H groups in total. The third-order valence-electron chi connectivity index (χ3n) is 5.24. The molecule has 1 aromatic carbocycles. The fourth-order valence-corrected chi connectivity index (χ4v) is 4.84. The van der Waals surface area contributed by atoms with Gasteiger partial charge in [-0.1, -0.05) is 23.9 Å². The maximum Gasteiger partial charge on any atom is 0.243 e. The molecule has 1 aliphatic heterocycles. The van der Waals surface area contributed by atoms with E-state index in [9.17, 15) is 9.59 Å². The van der Waals surface area contributed by atoms with Crippen LogP contribution in [0.25, 0.3) is 11.0 Å². The van der Waals surface area contributed by atoms with Crippen LogP contribution < -0.4 is 5.32 Å². The number of imidazole rings is 1. The van der Waals surface area contributed by atoms with E-state index in [1.54, 1.807) is 0 Å². The second kappa shape index (κ2) is 8.78. The Morgan fingerprint density at radius 2 is 1.83 bits per heavy atom. The molecule has 0 saturated carbocycles. The van der Waals surface area contributed by atoms with Gasteiger partial charge in [-0.15, -0.1) is 0 Å². The number of benzene rings is 1. The summed E-state index contributed by atoms with van der Waals surface area (Å²) in [5, 5.41) is 3.68. The molecule has 2 aromatic rings. The lowest BCUT2D eigenvalue weighted by Gasteiger charge is -2.39. The van der Waals surface area contributed by atoms with Gasteiger partial charge in [-0.3, -0.25) is 9.59 Å². The van der Waals surface area contributed by atoms with Crippen LogP contribution in [0.1, 0.15) is 53.9 Å². The van der Waals surface area contributed by atoms with Crippen molar-refractivity contribution in [2.45, 2.75) is 83.2 Å². The first kappa shape index (κ1) is 21.7. The quantitative estimate of drug-likeness (QED) is 0.752. The van der Waals surface area contributed by atoms with E-state index in [0.717, 1.165) is 23.9 Å². The lowest BCUT2D eigenvalue weighted by molar-refractivity contribution is -0.138. The van der Waals surface area contributed by atoms with Crippen molar-refractivity contribution in [1.29, 1.82) is 0 Å². The summed E-state index contributed by atoms with van der Waals surface area (Å²) in [4.78, 5) is 32.2. The SMILES string of the molecule is C[C@H]1CCC[C@H](C)N1C(=O)Cn1c(SCC(=O)NC(C)(C)C)nc2ccccc21. The number of hydrogen-bond donors (Lipinski definition) is 1. The third-order valence-corrected chi connectivity index (χ3v) is 6.22. The fourth-order valence-electron chi connectivity index (χ4n) is 4.03. The number of piperidine rings is 1. The third kappa shape index (κ3) is 5.32. The average Bonchev–Trinajstić information content (AvgIpc) is 2.96. The van der Waals surface area contributed by atoms with Crippen molar-refractivity contribution in [1.82, 2.24) is 19.8 Å². The van der Waals surface area contributed by atoms with Gasteiger partial charge < -0.3 is 14.8 Å². The molecule has 0 unspecified atom stereocenters. The highest BCUT2D eigenvalue weighted by Crippen LogP contribution is 2.27. The molecule has 1 saturated heterocycles. The first-order chi connectivity index (χ1) is 13.7. The average molecular weight is 417 g/mol. The van der Waals surface area contributed by atoms with Crippen LogP contribution in [0.2, 0.25) is 0 Å². The first-order valence-corrected chi connectivity index (χ1v) is 11.3. The molecule has 3 rings (SSSR count). The van der Waals surface area contributed by atoms with Crippen molar-refractivity contribution in [3.63, 3.8) is 0 Å². The smallest absolute Gasteiger partial charge is 0.243 e. The number of rotatable bonds is 5. The topological polar surface area (TPSA) is 67.2 Å². The molecule has 1 aliphatic rings. The monoisotopic (exact) mass is 416 g/mol. The van der Waals surface area contributed by atoms with Crippen LogP contribution in [0.3, 0.4) is 0 Å². The number of hydrogen-bond acceptors (Lipinski definition) is 4. The number of thioether (sulfide) groups is 1. The number of nitrogens with zero attached hydrogens (tertiary/aromatic N) is 3. The molecule has 0 radical (unpaired) electrons. The van der Waals surface area contributed by atoms with Crippen LogP contribution in [0, 0.1) is 0 Å². The summed E-state index contributed by atoms with van der Waals surface area (Å²) in [5.74, 6) is 0.352. The van der Waals surface area contributed by atoms with Crippen molar-refractivity contribution in [3.8, 4) is 0 Å². The van der Waals surface area contributed by atoms with E-state index >= 15 is 0 Å². The molecule has 2 amide bonds. The van der Waals surface area contributed by atoms with Crippen LogP contribution in [-0.4, -0.2) is 49.6 Å². The van der Waals surface area contributed by atoms with Gasteiger partial charge in [-0.25, -0.2) is 4.98 Å². The van der Waals surface area contributed by atoms with Crippen LogP contribution in [0.5, 0.6) is 0 Å². The zero-order chi connectivity index (χ0) is 21.2. The van der Waals surface area contributed by atoms with E-state index in [0.29, 0.717) is 5.16 Å². The van der Waals surface area contributed by atoms with Gasteiger partial charge in [0, 0.05) is 17.6 Å². The summed E-state index contributed by atoms with van der Waals surface area (Å²) < 4.78 is 1.96. The summed E-state index contributed by atoms with van der Waals surface area (Å²) in [6.45, 7) is 10.4. The number of para-hydroxylation sites is 2. The summed E-state index contributed by atoms with van der Waals surface area (Å²) in [6, 6.07) is 8.35. The maximum atomic E-state index is 13.2. The molecule has 1 aromatic heterocycles. The van der Waals surface area contributed by atoms with Crippen LogP contribution in [0.15, 0.2) is 29.4 Å². The molecule has 158 valence electrons. The van der Waals surface area contributed by atoms with Crippen molar-refractivity contribution in [2.24, 2.45) is 0 Å². The van der Waals surface area contributed by atoms with Gasteiger partial charge in [-0.05, 0) is 66.0 Å². The second-order valence-corrected chi connectivity index (χ2v) is 9.93. The number of carbonyl (C=O) groups excluding carboxylic acids is 2. The van der Waals surface area contributed by atoms with Crippen molar-refractivity contribution < 1.29 is 9.59 Å². The molecule has 29 heavy (non-hydrogen) atoms. The standard InChI is InChI=1S/C22H32N4O2S/c1-15-9-8-10-16(2)26(15)20(28)13-25-18-12-7-6-11-17(18)23-21(25)29-14-19(27)24-22(3,4)5/h6-7,11-12,15-16H,8-10,13-14H2,1-5H3,(H,24,27)/t15-,16-/m0/s1. The van der Waals surface area contributed by atoms with Crippen LogP contribution in [0.4, 0.5) is 0 Å². The molecule has 0 spiro atoms. The Morgan fingerprint density at radius 1 is 1.17 bits per heavy atom. The lowest BCUT2D eigenvalue weighted by Crippen LogP contribution is -2.48. The zero-order valence-corrected chi connectivity index (χ0v) is 18.9. The molecule has 0 aliphatic carbocycles. The summed E-state index contributed by atoms with van der Waals surface area (Å²) >= 11 is 1.38. The highest BCUT2D eigenvalue weighted by molar-refractivity contribution is 7.99. The van der Waals surface area contributed by atoms with Crippen LogP contribution in [-0.2, 0) is 16.1 Å². The van der Waals surface area contributed by atoms with E-state index in [2.05, 4.69) is 19.2 Å². The summed E-state index contributed by atoms with van der Waals surface area (Å²) in [6.07, 6.45) is 3.27. The van der Waals surface area contributed by atoms with Gasteiger partial charge in [0.2, 0.25) is 11.8 Å². The minimum absolute atomic E-state index is 0.0364. The number of amides is 2. The molecular formula is C22H32N4O2S. The molecule has 6 nitrogen and oxygen atoms in total. The maximum absolute atomic E-state index is 13.2. The second-order valence-electron chi connectivity index (χ2n) is 8.99. The minimum atomic E-state index is -0.270. The number of carbonyl (C=O) groups is 2. The Kier molecular flexibility index (Phi) is 6.56. The highest BCUT2D eigenvalue weighted by atomic mass is 32.2. The normalized spacial score (nSPS) is 20.1. The summed E-state index contributed by atoms with van der Waals surface area (Å²) in [7, 11) is 0. The van der Waals surface area contributed by atoms with E-state index < -0.39 is 0 Å². The summed E-state index contributed by atoms with van der Waals surface area (Å²) in [5.41, 5.74) is 1.50. The van der Waals surface area contributed by atoms with Crippen molar-refractivity contribution in [3.05, 3.63) is 24.3 Å². The van der Waals surface area contributed by atoms with Gasteiger partial charge in [0.15, 0.2) is 5.16 Å². The lowest BCUT2D eigenvalue weighted by atomic mass is 9.97. The Bertz CT molecular complexity index is 877. The fraction of sp³-hybridized carbons (Fsp3) is 0.591. The van der Waals surface area contributed by atoms with Gasteiger partial charge in [0.25, 0.3) is 0 Å². The highest BCUT2D eigenvalue weighted by Gasteiger charge is 2.29. The largest absolute Gasteiger partial charge is 0.351 e. The van der Waals surface area contributed by atoms with E-state index in [1.807, 2.05) is 54.5 Å². The van der Waals surface area contributed by atoms with Gasteiger partial charge in [0.1, 0.15) is 6.54 Å². The Morgan fingerprint density at radius 3 is 2.48 bits per heavy atom. The number of aromatic nitrogens is 2. The molecule has 0 bridgehead atoms. The molecular weight excluding hydrogens is 384 g/mol. The molecule has 7 heteroatoms. The predicted molar refractivity (Wildman–Crippen MR) is 118 cm³/mol. The van der Waals surface area contributed by atoms with E-state index in [4.69, 9.17) is 4.98 Å². The van der Waals surface area contributed by atoms with Gasteiger partial charge >= 0.3 is 0 Å². The number of likely N-dealkylation sites (tertiary alicyclic amines) is 1. The van der Waals surface area contributed by atoms with E-state index in [1.165, 1.54) is 18.2 Å². The molecule has 2 heterocycles.